The van der Waals surface area contributed by atoms with Gasteiger partial charge in [0.15, 0.2) is 0 Å². The maximum Gasteiger partial charge on any atom is 0.326 e. The predicted molar refractivity (Wildman–Crippen MR) is 78.9 cm³/mol. The molecule has 0 saturated carbocycles. The lowest BCUT2D eigenvalue weighted by Crippen LogP contribution is -2.51. The fourth-order valence-corrected chi connectivity index (χ4v) is 1.97. The Morgan fingerprint density at radius 2 is 2.05 bits per heavy atom. The van der Waals surface area contributed by atoms with Gasteiger partial charge in [-0.2, -0.15) is 0 Å². The zero-order valence-electron chi connectivity index (χ0n) is 13.0. The highest BCUT2D eigenvalue weighted by atomic mass is 16.4. The summed E-state index contributed by atoms with van der Waals surface area (Å²) in [6.45, 7) is 8.43. The number of nitrogens with one attached hydrogen (secondary N) is 2. The summed E-state index contributed by atoms with van der Waals surface area (Å²) in [4.78, 5) is 31.9. The minimum absolute atomic E-state index is 0.00833. The highest BCUT2D eigenvalue weighted by Gasteiger charge is 2.25. The minimum atomic E-state index is -1.06. The Hall–Kier alpha value is -2.05. The minimum Gasteiger partial charge on any atom is -0.480 e. The molecule has 1 aromatic rings. The van der Waals surface area contributed by atoms with Crippen molar-refractivity contribution in [2.75, 3.05) is 6.54 Å². The van der Waals surface area contributed by atoms with Crippen molar-refractivity contribution in [3.05, 3.63) is 18.2 Å². The highest BCUT2D eigenvalue weighted by molar-refractivity contribution is 5.82. The first-order valence-corrected chi connectivity index (χ1v) is 7.08. The van der Waals surface area contributed by atoms with Crippen molar-refractivity contribution in [2.24, 2.45) is 5.92 Å². The fourth-order valence-electron chi connectivity index (χ4n) is 1.97. The number of imidazole rings is 1. The molecule has 1 aromatic heterocycles. The van der Waals surface area contributed by atoms with Gasteiger partial charge in [-0.15, -0.1) is 0 Å². The summed E-state index contributed by atoms with van der Waals surface area (Å²) in [7, 11) is 0. The first-order chi connectivity index (χ1) is 9.81. The zero-order valence-corrected chi connectivity index (χ0v) is 13.0. The molecule has 7 nitrogen and oxygen atoms in total. The largest absolute Gasteiger partial charge is 0.480 e. The van der Waals surface area contributed by atoms with Gasteiger partial charge in [-0.1, -0.05) is 13.8 Å². The van der Waals surface area contributed by atoms with Crippen LogP contribution in [0.5, 0.6) is 0 Å². The van der Waals surface area contributed by atoms with E-state index in [4.69, 9.17) is 0 Å². The molecule has 118 valence electrons. The molecule has 3 N–H and O–H groups in total. The SMILES string of the molecule is CC(C)CN(C(=O)N[C@H](Cc1cnc[nH]1)C(=O)O)C(C)C. The molecule has 0 aliphatic heterocycles. The molecule has 0 aliphatic rings. The molecular formula is C14H24N4O3. The molecule has 0 spiro atoms. The van der Waals surface area contributed by atoms with Crippen LogP contribution in [0.2, 0.25) is 0 Å². The maximum atomic E-state index is 12.3. The number of carbonyl (C=O) groups is 2. The van der Waals surface area contributed by atoms with Crippen molar-refractivity contribution >= 4 is 12.0 Å². The number of carboxylic acids is 1. The number of aromatic nitrogens is 2. The van der Waals surface area contributed by atoms with Crippen molar-refractivity contribution in [3.8, 4) is 0 Å². The standard InChI is InChI=1S/C14H24N4O3/c1-9(2)7-18(10(3)4)14(21)17-12(13(19)20)5-11-6-15-8-16-11/h6,8-10,12H,5,7H2,1-4H3,(H,15,16)(H,17,21)(H,19,20)/t12-/m1/s1. The molecule has 0 saturated heterocycles. The van der Waals surface area contributed by atoms with Gasteiger partial charge >= 0.3 is 12.0 Å². The summed E-state index contributed by atoms with van der Waals surface area (Å²) in [5.41, 5.74) is 0.669. The first-order valence-electron chi connectivity index (χ1n) is 7.08. The van der Waals surface area contributed by atoms with E-state index in [-0.39, 0.29) is 18.5 Å². The van der Waals surface area contributed by atoms with E-state index in [9.17, 15) is 14.7 Å². The summed E-state index contributed by atoms with van der Waals surface area (Å²) in [6, 6.07) is -1.33. The van der Waals surface area contributed by atoms with E-state index in [2.05, 4.69) is 15.3 Å². The number of aromatic amines is 1. The number of rotatable bonds is 7. The van der Waals surface area contributed by atoms with Gasteiger partial charge < -0.3 is 20.3 Å². The van der Waals surface area contributed by atoms with Crippen molar-refractivity contribution in [3.63, 3.8) is 0 Å². The van der Waals surface area contributed by atoms with Crippen molar-refractivity contribution in [1.29, 1.82) is 0 Å². The van der Waals surface area contributed by atoms with Crippen LogP contribution in [0, 0.1) is 5.92 Å². The number of urea groups is 1. The second-order valence-corrected chi connectivity index (χ2v) is 5.76. The van der Waals surface area contributed by atoms with Gasteiger partial charge in [0.2, 0.25) is 0 Å². The number of amides is 2. The average molecular weight is 296 g/mol. The van der Waals surface area contributed by atoms with Gasteiger partial charge in [-0.25, -0.2) is 14.6 Å². The van der Waals surface area contributed by atoms with Gasteiger partial charge in [0.1, 0.15) is 6.04 Å². The molecule has 0 radical (unpaired) electrons. The van der Waals surface area contributed by atoms with Crippen molar-refractivity contribution in [2.45, 2.75) is 46.2 Å². The summed E-state index contributed by atoms with van der Waals surface area (Å²) < 4.78 is 0. The molecule has 1 rings (SSSR count). The van der Waals surface area contributed by atoms with Crippen LogP contribution in [0.1, 0.15) is 33.4 Å². The van der Waals surface area contributed by atoms with E-state index in [1.165, 1.54) is 6.33 Å². The fraction of sp³-hybridized carbons (Fsp3) is 0.643. The van der Waals surface area contributed by atoms with Crippen LogP contribution in [0.4, 0.5) is 4.79 Å². The molecule has 0 aliphatic carbocycles. The Labute approximate surface area is 124 Å². The molecule has 1 heterocycles. The summed E-state index contributed by atoms with van der Waals surface area (Å²) in [5.74, 6) is -0.750. The Morgan fingerprint density at radius 1 is 1.38 bits per heavy atom. The number of carbonyl (C=O) groups excluding carboxylic acids is 1. The third-order valence-electron chi connectivity index (χ3n) is 3.02. The Kier molecular flexibility index (Phi) is 6.20. The lowest BCUT2D eigenvalue weighted by atomic mass is 10.1. The van der Waals surface area contributed by atoms with E-state index in [1.807, 2.05) is 27.7 Å². The Balaban J connectivity index is 2.72. The van der Waals surface area contributed by atoms with E-state index in [0.717, 1.165) is 0 Å². The quantitative estimate of drug-likeness (QED) is 0.709. The lowest BCUT2D eigenvalue weighted by molar-refractivity contribution is -0.139. The molecular weight excluding hydrogens is 272 g/mol. The normalized spacial score (nSPS) is 12.5. The molecule has 0 bridgehead atoms. The van der Waals surface area contributed by atoms with Gasteiger partial charge in [0, 0.05) is 30.9 Å². The molecule has 1 atom stereocenters. The van der Waals surface area contributed by atoms with Crippen molar-refractivity contribution < 1.29 is 14.7 Å². The molecule has 0 aromatic carbocycles. The number of hydrogen-bond donors (Lipinski definition) is 3. The molecule has 2 amide bonds. The third-order valence-corrected chi connectivity index (χ3v) is 3.02. The second-order valence-electron chi connectivity index (χ2n) is 5.76. The van der Waals surface area contributed by atoms with E-state index >= 15 is 0 Å². The van der Waals surface area contributed by atoms with Gasteiger partial charge in [-0.05, 0) is 19.8 Å². The molecule has 21 heavy (non-hydrogen) atoms. The Bertz CT molecular complexity index is 457. The van der Waals surface area contributed by atoms with Crippen LogP contribution in [-0.2, 0) is 11.2 Å². The summed E-state index contributed by atoms with van der Waals surface area (Å²) in [5, 5.41) is 11.8. The predicted octanol–water partition coefficient (Wildman–Crippen LogP) is 1.48. The van der Waals surface area contributed by atoms with Crippen LogP contribution < -0.4 is 5.32 Å². The van der Waals surface area contributed by atoms with Crippen LogP contribution in [0.15, 0.2) is 12.5 Å². The average Bonchev–Trinajstić information content (AvgIpc) is 2.87. The van der Waals surface area contributed by atoms with Crippen LogP contribution in [0.3, 0.4) is 0 Å². The second kappa shape index (κ2) is 7.66. The maximum absolute atomic E-state index is 12.3. The van der Waals surface area contributed by atoms with Crippen LogP contribution >= 0.6 is 0 Å². The summed E-state index contributed by atoms with van der Waals surface area (Å²) >= 11 is 0. The van der Waals surface area contributed by atoms with Crippen LogP contribution in [-0.4, -0.2) is 50.6 Å². The molecule has 0 fully saturated rings. The number of aliphatic carboxylic acids is 1. The van der Waals surface area contributed by atoms with Crippen LogP contribution in [0.25, 0.3) is 0 Å². The zero-order chi connectivity index (χ0) is 16.0. The highest BCUT2D eigenvalue weighted by Crippen LogP contribution is 2.06. The Morgan fingerprint density at radius 3 is 2.48 bits per heavy atom. The number of nitrogens with zero attached hydrogens (tertiary/aromatic N) is 2. The topological polar surface area (TPSA) is 98.3 Å². The molecule has 7 heteroatoms. The van der Waals surface area contributed by atoms with E-state index in [0.29, 0.717) is 18.2 Å². The number of H-pyrrole nitrogens is 1. The monoisotopic (exact) mass is 296 g/mol. The van der Waals surface area contributed by atoms with Crippen molar-refractivity contribution in [1.82, 2.24) is 20.2 Å². The van der Waals surface area contributed by atoms with E-state index in [1.54, 1.807) is 11.1 Å². The number of carboxylic acid groups (broad SMARTS) is 1. The molecule has 0 unspecified atom stereocenters. The summed E-state index contributed by atoms with van der Waals surface area (Å²) in [6.07, 6.45) is 3.21. The lowest BCUT2D eigenvalue weighted by Gasteiger charge is -2.30. The van der Waals surface area contributed by atoms with Gasteiger partial charge in [0.25, 0.3) is 0 Å². The van der Waals surface area contributed by atoms with E-state index < -0.39 is 12.0 Å². The number of hydrogen-bond acceptors (Lipinski definition) is 3. The smallest absolute Gasteiger partial charge is 0.326 e. The van der Waals surface area contributed by atoms with Gasteiger partial charge in [0.05, 0.1) is 6.33 Å². The van der Waals surface area contributed by atoms with Gasteiger partial charge in [-0.3, -0.25) is 0 Å². The first kappa shape index (κ1) is 17.0. The third kappa shape index (κ3) is 5.45.